The normalized spacial score (nSPS) is 33.8. The summed E-state index contributed by atoms with van der Waals surface area (Å²) >= 11 is 2.47. The van der Waals surface area contributed by atoms with Crippen LogP contribution in [0.1, 0.15) is 19.8 Å². The second-order valence-electron chi connectivity index (χ2n) is 2.52. The maximum absolute atomic E-state index is 5.51. The topological polar surface area (TPSA) is 9.23 Å². The van der Waals surface area contributed by atoms with Crippen molar-refractivity contribution in [1.82, 2.24) is 0 Å². The Morgan fingerprint density at radius 2 is 2.50 bits per heavy atom. The molecular weight excluding hydrogens is 239 g/mol. The third kappa shape index (κ3) is 2.23. The minimum atomic E-state index is 0.483. The molecule has 0 aromatic carbocycles. The third-order valence-corrected chi connectivity index (χ3v) is 3.16. The van der Waals surface area contributed by atoms with E-state index in [2.05, 4.69) is 41.7 Å². The van der Waals surface area contributed by atoms with Crippen molar-refractivity contribution in [3.05, 3.63) is 12.2 Å². The second-order valence-corrected chi connectivity index (χ2v) is 4.12. The largest absolute Gasteiger partial charge is 0.377 e. The van der Waals surface area contributed by atoms with Crippen LogP contribution in [0, 0.1) is 0 Å². The molecule has 10 heavy (non-hydrogen) atoms. The highest BCUT2D eigenvalue weighted by atomic mass is 127. The lowest BCUT2D eigenvalue weighted by Gasteiger charge is -2.09. The van der Waals surface area contributed by atoms with Gasteiger partial charge < -0.3 is 4.74 Å². The number of halogens is 1. The summed E-state index contributed by atoms with van der Waals surface area (Å²) in [6, 6.07) is 0. The minimum Gasteiger partial charge on any atom is -0.377 e. The maximum Gasteiger partial charge on any atom is 0.0727 e. The summed E-state index contributed by atoms with van der Waals surface area (Å²) in [4.78, 5) is 0. The molecule has 0 amide bonds. The lowest BCUT2D eigenvalue weighted by Crippen LogP contribution is -2.13. The zero-order chi connectivity index (χ0) is 7.40. The quantitative estimate of drug-likeness (QED) is 0.417. The van der Waals surface area contributed by atoms with E-state index >= 15 is 0 Å². The van der Waals surface area contributed by atoms with Gasteiger partial charge in [-0.3, -0.25) is 0 Å². The molecule has 1 fully saturated rings. The Labute approximate surface area is 76.0 Å². The van der Waals surface area contributed by atoms with E-state index in [4.69, 9.17) is 4.74 Å². The molecule has 1 rings (SSSR count). The number of hydrogen-bond acceptors (Lipinski definition) is 1. The van der Waals surface area contributed by atoms with E-state index in [9.17, 15) is 0 Å². The molecule has 0 aromatic rings. The van der Waals surface area contributed by atoms with Crippen LogP contribution in [-0.2, 0) is 4.74 Å². The van der Waals surface area contributed by atoms with Crippen molar-refractivity contribution in [2.24, 2.45) is 0 Å². The van der Waals surface area contributed by atoms with Crippen LogP contribution in [0.15, 0.2) is 12.2 Å². The fraction of sp³-hybridized carbons (Fsp3) is 0.750. The number of ether oxygens (including phenoxy) is 1. The first-order valence-electron chi connectivity index (χ1n) is 3.71. The Kier molecular flexibility index (Phi) is 3.70. The van der Waals surface area contributed by atoms with Gasteiger partial charge in [-0.2, -0.15) is 0 Å². The van der Waals surface area contributed by atoms with Crippen molar-refractivity contribution in [3.8, 4) is 0 Å². The molecule has 1 nitrogen and oxygen atoms in total. The van der Waals surface area contributed by atoms with Crippen LogP contribution in [0.25, 0.3) is 0 Å². The molecular formula is C8H13IO. The van der Waals surface area contributed by atoms with Gasteiger partial charge in [0.2, 0.25) is 0 Å². The summed E-state index contributed by atoms with van der Waals surface area (Å²) in [5.41, 5.74) is 0. The van der Waals surface area contributed by atoms with E-state index < -0.39 is 0 Å². The van der Waals surface area contributed by atoms with Gasteiger partial charge in [0.05, 0.1) is 6.10 Å². The Hall–Kier alpha value is 0.430. The number of alkyl halides is 1. The lowest BCUT2D eigenvalue weighted by molar-refractivity contribution is 0.117. The Balaban J connectivity index is 2.26. The molecule has 1 aliphatic heterocycles. The number of allylic oxidation sites excluding steroid dienone is 1. The first kappa shape index (κ1) is 8.53. The SMILES string of the molecule is C/C=C/C[C@H]1OCC[C@H]1I. The van der Waals surface area contributed by atoms with Crippen molar-refractivity contribution in [1.29, 1.82) is 0 Å². The number of hydrogen-bond donors (Lipinski definition) is 0. The summed E-state index contributed by atoms with van der Waals surface area (Å²) in [5, 5.41) is 0. The lowest BCUT2D eigenvalue weighted by atomic mass is 10.2. The predicted molar refractivity (Wildman–Crippen MR) is 51.6 cm³/mol. The van der Waals surface area contributed by atoms with Gasteiger partial charge >= 0.3 is 0 Å². The van der Waals surface area contributed by atoms with Gasteiger partial charge in [-0.1, -0.05) is 34.7 Å². The standard InChI is InChI=1S/C8H13IO/c1-2-3-4-8-7(9)5-6-10-8/h2-3,7-8H,4-6H2,1H3/b3-2+/t7-,8-/m1/s1. The van der Waals surface area contributed by atoms with Crippen LogP contribution in [0.2, 0.25) is 0 Å². The molecule has 0 aliphatic carbocycles. The third-order valence-electron chi connectivity index (χ3n) is 1.73. The average molecular weight is 252 g/mol. The van der Waals surface area contributed by atoms with Crippen molar-refractivity contribution in [2.75, 3.05) is 6.61 Å². The molecule has 0 spiro atoms. The highest BCUT2D eigenvalue weighted by molar-refractivity contribution is 14.1. The van der Waals surface area contributed by atoms with Crippen LogP contribution in [0.5, 0.6) is 0 Å². The molecule has 0 unspecified atom stereocenters. The summed E-state index contributed by atoms with van der Waals surface area (Å²) < 4.78 is 6.24. The highest BCUT2D eigenvalue weighted by Gasteiger charge is 2.23. The Morgan fingerprint density at radius 3 is 3.00 bits per heavy atom. The Morgan fingerprint density at radius 1 is 1.70 bits per heavy atom. The molecule has 1 saturated heterocycles. The van der Waals surface area contributed by atoms with E-state index in [-0.39, 0.29) is 0 Å². The van der Waals surface area contributed by atoms with Gasteiger partial charge in [-0.25, -0.2) is 0 Å². The summed E-state index contributed by atoms with van der Waals surface area (Å²) in [6.45, 7) is 3.01. The van der Waals surface area contributed by atoms with Crippen molar-refractivity contribution >= 4 is 22.6 Å². The zero-order valence-corrected chi connectivity index (χ0v) is 8.37. The van der Waals surface area contributed by atoms with E-state index in [0.29, 0.717) is 6.10 Å². The first-order valence-corrected chi connectivity index (χ1v) is 4.96. The molecule has 0 N–H and O–H groups in total. The smallest absolute Gasteiger partial charge is 0.0727 e. The van der Waals surface area contributed by atoms with Gasteiger partial charge in [0, 0.05) is 10.5 Å². The average Bonchev–Trinajstić information content (AvgIpc) is 2.31. The van der Waals surface area contributed by atoms with Crippen LogP contribution >= 0.6 is 22.6 Å². The summed E-state index contributed by atoms with van der Waals surface area (Å²) in [7, 11) is 0. The van der Waals surface area contributed by atoms with Gasteiger partial charge in [0.1, 0.15) is 0 Å². The molecule has 2 heteroatoms. The zero-order valence-electron chi connectivity index (χ0n) is 6.22. The van der Waals surface area contributed by atoms with Crippen LogP contribution in [0.3, 0.4) is 0 Å². The van der Waals surface area contributed by atoms with Crippen molar-refractivity contribution in [2.45, 2.75) is 29.8 Å². The molecule has 0 saturated carbocycles. The Bertz CT molecular complexity index is 122. The molecule has 0 radical (unpaired) electrons. The fourth-order valence-electron chi connectivity index (χ4n) is 1.11. The number of rotatable bonds is 2. The summed E-state index contributed by atoms with van der Waals surface area (Å²) in [6.07, 6.45) is 7.07. The maximum atomic E-state index is 5.51. The van der Waals surface area contributed by atoms with E-state index in [1.54, 1.807) is 0 Å². The second kappa shape index (κ2) is 4.34. The van der Waals surface area contributed by atoms with Crippen LogP contribution < -0.4 is 0 Å². The fourth-order valence-corrected chi connectivity index (χ4v) is 1.86. The van der Waals surface area contributed by atoms with Gasteiger partial charge in [0.25, 0.3) is 0 Å². The van der Waals surface area contributed by atoms with Crippen LogP contribution in [0.4, 0.5) is 0 Å². The molecule has 1 heterocycles. The first-order chi connectivity index (χ1) is 4.84. The van der Waals surface area contributed by atoms with E-state index in [0.717, 1.165) is 17.0 Å². The molecule has 2 atom stereocenters. The molecule has 58 valence electrons. The van der Waals surface area contributed by atoms with Gasteiger partial charge in [0.15, 0.2) is 0 Å². The predicted octanol–water partition coefficient (Wildman–Crippen LogP) is 2.55. The monoisotopic (exact) mass is 252 g/mol. The molecule has 0 aromatic heterocycles. The minimum absolute atomic E-state index is 0.483. The molecule has 0 bridgehead atoms. The van der Waals surface area contributed by atoms with E-state index in [1.807, 2.05) is 0 Å². The van der Waals surface area contributed by atoms with Crippen molar-refractivity contribution in [3.63, 3.8) is 0 Å². The molecule has 1 aliphatic rings. The highest BCUT2D eigenvalue weighted by Crippen LogP contribution is 2.24. The van der Waals surface area contributed by atoms with Gasteiger partial charge in [-0.15, -0.1) is 0 Å². The van der Waals surface area contributed by atoms with E-state index in [1.165, 1.54) is 6.42 Å². The van der Waals surface area contributed by atoms with Crippen molar-refractivity contribution < 1.29 is 4.74 Å². The summed E-state index contributed by atoms with van der Waals surface area (Å²) in [5.74, 6) is 0. The van der Waals surface area contributed by atoms with Gasteiger partial charge in [-0.05, 0) is 19.8 Å². The van der Waals surface area contributed by atoms with Crippen LogP contribution in [-0.4, -0.2) is 16.6 Å².